The number of nitrogens with zero attached hydrogens (tertiary/aromatic N) is 4. The van der Waals surface area contributed by atoms with Gasteiger partial charge in [0.05, 0.1) is 17.5 Å². The van der Waals surface area contributed by atoms with Crippen LogP contribution in [0.1, 0.15) is 58.3 Å². The second kappa shape index (κ2) is 11.3. The Balaban J connectivity index is 1.18. The van der Waals surface area contributed by atoms with Gasteiger partial charge in [-0.05, 0) is 69.6 Å². The number of benzene rings is 1. The predicted molar refractivity (Wildman–Crippen MR) is 145 cm³/mol. The number of carbonyl (C=O) groups is 2. The van der Waals surface area contributed by atoms with E-state index in [1.54, 1.807) is 25.2 Å². The molecule has 2 aromatic rings. The van der Waals surface area contributed by atoms with Gasteiger partial charge in [-0.1, -0.05) is 12.8 Å². The Kier molecular flexibility index (Phi) is 7.91. The Morgan fingerprint density at radius 1 is 0.868 bits per heavy atom. The van der Waals surface area contributed by atoms with Gasteiger partial charge in [-0.3, -0.25) is 23.5 Å². The molecule has 9 heteroatoms. The first-order chi connectivity index (χ1) is 18.4. The highest BCUT2D eigenvalue weighted by Crippen LogP contribution is 2.32. The zero-order valence-electron chi connectivity index (χ0n) is 22.7. The zero-order chi connectivity index (χ0) is 26.8. The molecule has 0 spiro atoms. The molecule has 1 saturated heterocycles. The van der Waals surface area contributed by atoms with Crippen molar-refractivity contribution < 1.29 is 14.3 Å². The summed E-state index contributed by atoms with van der Waals surface area (Å²) < 4.78 is 8.44. The van der Waals surface area contributed by atoms with Gasteiger partial charge in [0.15, 0.2) is 0 Å². The molecule has 2 heterocycles. The molecule has 3 fully saturated rings. The van der Waals surface area contributed by atoms with E-state index in [-0.39, 0.29) is 40.8 Å². The van der Waals surface area contributed by atoms with Gasteiger partial charge in [-0.2, -0.15) is 0 Å². The molecular weight excluding hydrogens is 484 g/mol. The number of fused-ring (bicyclic) bond motifs is 1. The first kappa shape index (κ1) is 26.5. The van der Waals surface area contributed by atoms with Crippen LogP contribution >= 0.6 is 0 Å². The van der Waals surface area contributed by atoms with Crippen LogP contribution in [0.5, 0.6) is 5.75 Å². The SMILES string of the molecule is CCOc1ccc2c(c1)c(=O)n(C[C@H]1CC[C@H](C(=O)N3CCN(C(=O)C4CCCC4)CC3)CC1)c(=O)n2C. The van der Waals surface area contributed by atoms with Crippen LogP contribution < -0.4 is 16.0 Å². The van der Waals surface area contributed by atoms with Crippen LogP contribution in [0.15, 0.2) is 27.8 Å². The molecule has 1 aromatic carbocycles. The molecule has 0 N–H and O–H groups in total. The third kappa shape index (κ3) is 5.24. The van der Waals surface area contributed by atoms with Crippen molar-refractivity contribution in [3.8, 4) is 5.75 Å². The fraction of sp³-hybridized carbons (Fsp3) is 0.655. The standard InChI is InChI=1S/C29H40N4O5/c1-3-38-23-12-13-25-24(18-23)28(36)33(29(37)30(25)2)19-20-8-10-22(11-9-20)27(35)32-16-14-31(15-17-32)26(34)21-6-4-5-7-21/h12-13,18,20-22H,3-11,14-17,19H2,1-2H3/t20-,22-. The number of amides is 2. The summed E-state index contributed by atoms with van der Waals surface area (Å²) in [6.07, 6.45) is 7.46. The molecule has 1 aromatic heterocycles. The minimum atomic E-state index is -0.310. The normalized spacial score (nSPS) is 22.7. The highest BCUT2D eigenvalue weighted by molar-refractivity contribution is 5.81. The summed E-state index contributed by atoms with van der Waals surface area (Å²) in [6, 6.07) is 5.25. The summed E-state index contributed by atoms with van der Waals surface area (Å²) in [5.41, 5.74) is 0.00167. The maximum Gasteiger partial charge on any atom is 0.331 e. The average molecular weight is 525 g/mol. The van der Waals surface area contributed by atoms with Gasteiger partial charge in [0, 0.05) is 51.6 Å². The lowest BCUT2D eigenvalue weighted by Crippen LogP contribution is -2.53. The molecule has 5 rings (SSSR count). The van der Waals surface area contributed by atoms with E-state index >= 15 is 0 Å². The number of aromatic nitrogens is 2. The van der Waals surface area contributed by atoms with Gasteiger partial charge in [0.2, 0.25) is 11.8 Å². The number of rotatable bonds is 6. The Labute approximate surface area is 223 Å². The van der Waals surface area contributed by atoms with E-state index in [2.05, 4.69) is 0 Å². The zero-order valence-corrected chi connectivity index (χ0v) is 22.7. The molecule has 0 bridgehead atoms. The van der Waals surface area contributed by atoms with E-state index in [0.717, 1.165) is 51.4 Å². The minimum Gasteiger partial charge on any atom is -0.494 e. The second-order valence-electron chi connectivity index (χ2n) is 11.2. The number of ether oxygens (including phenoxy) is 1. The second-order valence-corrected chi connectivity index (χ2v) is 11.2. The van der Waals surface area contributed by atoms with E-state index in [9.17, 15) is 19.2 Å². The van der Waals surface area contributed by atoms with Crippen molar-refractivity contribution in [1.29, 1.82) is 0 Å². The smallest absolute Gasteiger partial charge is 0.331 e. The third-order valence-corrected chi connectivity index (χ3v) is 8.88. The topological polar surface area (TPSA) is 93.8 Å². The third-order valence-electron chi connectivity index (χ3n) is 8.88. The lowest BCUT2D eigenvalue weighted by atomic mass is 9.81. The van der Waals surface area contributed by atoms with Crippen LogP contribution in [-0.2, 0) is 23.2 Å². The van der Waals surface area contributed by atoms with E-state index in [1.165, 1.54) is 9.13 Å². The molecule has 3 aliphatic rings. The number of hydrogen-bond acceptors (Lipinski definition) is 5. The summed E-state index contributed by atoms with van der Waals surface area (Å²) in [5, 5.41) is 0.479. The van der Waals surface area contributed by atoms with Crippen molar-refractivity contribution in [2.75, 3.05) is 32.8 Å². The average Bonchev–Trinajstić information content (AvgIpc) is 3.49. The van der Waals surface area contributed by atoms with Crippen LogP contribution in [0.2, 0.25) is 0 Å². The van der Waals surface area contributed by atoms with Crippen LogP contribution in [0.3, 0.4) is 0 Å². The van der Waals surface area contributed by atoms with Gasteiger partial charge in [0.1, 0.15) is 5.75 Å². The molecule has 2 amide bonds. The first-order valence-electron chi connectivity index (χ1n) is 14.3. The summed E-state index contributed by atoms with van der Waals surface area (Å²) in [5.74, 6) is 1.43. The lowest BCUT2D eigenvalue weighted by molar-refractivity contribution is -0.144. The van der Waals surface area contributed by atoms with Crippen LogP contribution in [0, 0.1) is 17.8 Å². The molecule has 0 unspecified atom stereocenters. The van der Waals surface area contributed by atoms with Crippen LogP contribution in [0.4, 0.5) is 0 Å². The van der Waals surface area contributed by atoms with Gasteiger partial charge in [0.25, 0.3) is 5.56 Å². The van der Waals surface area contributed by atoms with Crippen molar-refractivity contribution in [2.24, 2.45) is 24.8 Å². The maximum absolute atomic E-state index is 13.3. The summed E-state index contributed by atoms with van der Waals surface area (Å²) in [7, 11) is 1.69. The van der Waals surface area contributed by atoms with Crippen molar-refractivity contribution in [3.05, 3.63) is 39.0 Å². The fourth-order valence-corrected chi connectivity index (χ4v) is 6.60. The molecule has 38 heavy (non-hydrogen) atoms. The Morgan fingerprint density at radius 3 is 2.03 bits per heavy atom. The Morgan fingerprint density at radius 2 is 1.45 bits per heavy atom. The van der Waals surface area contributed by atoms with E-state index in [0.29, 0.717) is 56.0 Å². The first-order valence-corrected chi connectivity index (χ1v) is 14.3. The van der Waals surface area contributed by atoms with E-state index in [1.807, 2.05) is 16.7 Å². The molecule has 0 atom stereocenters. The van der Waals surface area contributed by atoms with Crippen molar-refractivity contribution in [1.82, 2.24) is 18.9 Å². The maximum atomic E-state index is 13.3. The number of piperazine rings is 1. The highest BCUT2D eigenvalue weighted by Gasteiger charge is 2.34. The predicted octanol–water partition coefficient (Wildman–Crippen LogP) is 2.77. The molecule has 206 valence electrons. The van der Waals surface area contributed by atoms with Gasteiger partial charge < -0.3 is 14.5 Å². The summed E-state index contributed by atoms with van der Waals surface area (Å²) in [6.45, 7) is 5.26. The number of aryl methyl sites for hydroxylation is 1. The Hall–Kier alpha value is -3.10. The van der Waals surface area contributed by atoms with Crippen LogP contribution in [0.25, 0.3) is 10.9 Å². The fourth-order valence-electron chi connectivity index (χ4n) is 6.60. The molecule has 1 aliphatic heterocycles. The number of hydrogen-bond donors (Lipinski definition) is 0. The molecular formula is C29H40N4O5. The highest BCUT2D eigenvalue weighted by atomic mass is 16.5. The van der Waals surface area contributed by atoms with Gasteiger partial charge in [-0.25, -0.2) is 4.79 Å². The quantitative estimate of drug-likeness (QED) is 0.579. The van der Waals surface area contributed by atoms with Crippen LogP contribution in [-0.4, -0.2) is 63.5 Å². The summed E-state index contributed by atoms with van der Waals surface area (Å²) >= 11 is 0. The van der Waals surface area contributed by atoms with Crippen molar-refractivity contribution in [3.63, 3.8) is 0 Å². The molecule has 2 aliphatic carbocycles. The molecule has 0 radical (unpaired) electrons. The van der Waals surface area contributed by atoms with Crippen molar-refractivity contribution >= 4 is 22.7 Å². The molecule has 9 nitrogen and oxygen atoms in total. The van der Waals surface area contributed by atoms with E-state index in [4.69, 9.17) is 4.74 Å². The summed E-state index contributed by atoms with van der Waals surface area (Å²) in [4.78, 5) is 56.2. The molecule has 2 saturated carbocycles. The monoisotopic (exact) mass is 524 g/mol. The Bertz CT molecular complexity index is 1290. The minimum absolute atomic E-state index is 0.0201. The van der Waals surface area contributed by atoms with Gasteiger partial charge >= 0.3 is 5.69 Å². The van der Waals surface area contributed by atoms with E-state index < -0.39 is 0 Å². The van der Waals surface area contributed by atoms with Crippen molar-refractivity contribution in [2.45, 2.75) is 64.8 Å². The number of carbonyl (C=O) groups excluding carboxylic acids is 2. The lowest BCUT2D eigenvalue weighted by Gasteiger charge is -2.38. The van der Waals surface area contributed by atoms with Gasteiger partial charge in [-0.15, -0.1) is 0 Å². The largest absolute Gasteiger partial charge is 0.494 e.